The van der Waals surface area contributed by atoms with Crippen LogP contribution in [0.2, 0.25) is 0 Å². The third-order valence-electron chi connectivity index (χ3n) is 2.44. The van der Waals surface area contributed by atoms with E-state index in [4.69, 9.17) is 5.11 Å². The number of carbonyl (C=O) groups excluding carboxylic acids is 1. The lowest BCUT2D eigenvalue weighted by Crippen LogP contribution is -2.32. The molecule has 18 heavy (non-hydrogen) atoms. The van der Waals surface area contributed by atoms with Crippen LogP contribution in [-0.4, -0.2) is 44.9 Å². The van der Waals surface area contributed by atoms with Crippen molar-refractivity contribution in [2.24, 2.45) is 5.92 Å². The third kappa shape index (κ3) is 8.02. The highest BCUT2D eigenvalue weighted by Crippen LogP contribution is 2.07. The summed E-state index contributed by atoms with van der Waals surface area (Å²) in [4.78, 5) is 21.3. The SMILES string of the molecule is CCC(CNS(=O)(=O)CCC(=O)OC)CC(=O)O. The van der Waals surface area contributed by atoms with Gasteiger partial charge in [0.2, 0.25) is 10.0 Å². The zero-order valence-corrected chi connectivity index (χ0v) is 11.3. The minimum atomic E-state index is -3.57. The predicted molar refractivity (Wildman–Crippen MR) is 64.5 cm³/mol. The van der Waals surface area contributed by atoms with E-state index in [1.54, 1.807) is 6.92 Å². The second-order valence-electron chi connectivity index (χ2n) is 3.87. The molecule has 0 aliphatic carbocycles. The Kier molecular flexibility index (Phi) is 7.53. The fourth-order valence-electron chi connectivity index (χ4n) is 1.24. The van der Waals surface area contributed by atoms with Gasteiger partial charge in [-0.15, -0.1) is 0 Å². The topological polar surface area (TPSA) is 110 Å². The number of rotatable bonds is 9. The van der Waals surface area contributed by atoms with E-state index in [1.165, 1.54) is 7.11 Å². The van der Waals surface area contributed by atoms with Crippen LogP contribution in [-0.2, 0) is 24.3 Å². The molecule has 0 spiro atoms. The molecule has 1 unspecified atom stereocenters. The number of carboxylic acid groups (broad SMARTS) is 1. The zero-order valence-electron chi connectivity index (χ0n) is 10.5. The first-order valence-electron chi connectivity index (χ1n) is 5.56. The second kappa shape index (κ2) is 8.04. The monoisotopic (exact) mass is 281 g/mol. The molecule has 8 heteroatoms. The average Bonchev–Trinajstić information content (AvgIpc) is 2.31. The van der Waals surface area contributed by atoms with E-state index in [1.807, 2.05) is 0 Å². The molecule has 0 aliphatic heterocycles. The molecular formula is C10H19NO6S. The number of hydrogen-bond donors (Lipinski definition) is 2. The summed E-state index contributed by atoms with van der Waals surface area (Å²) in [7, 11) is -2.39. The molecule has 0 aliphatic rings. The Morgan fingerprint density at radius 2 is 2.00 bits per heavy atom. The Bertz CT molecular complexity index is 378. The zero-order chi connectivity index (χ0) is 14.2. The number of carbonyl (C=O) groups is 2. The predicted octanol–water partition coefficient (Wildman–Crippen LogP) is -0.0302. The fraction of sp³-hybridized carbons (Fsp3) is 0.800. The van der Waals surface area contributed by atoms with E-state index < -0.39 is 22.0 Å². The molecule has 0 radical (unpaired) electrons. The standard InChI is InChI=1S/C10H19NO6S/c1-3-8(6-9(12)13)7-11-18(15,16)5-4-10(14)17-2/h8,11H,3-7H2,1-2H3,(H,12,13). The van der Waals surface area contributed by atoms with Crippen LogP contribution in [0.3, 0.4) is 0 Å². The van der Waals surface area contributed by atoms with Crippen molar-refractivity contribution >= 4 is 22.0 Å². The van der Waals surface area contributed by atoms with E-state index in [2.05, 4.69) is 9.46 Å². The lowest BCUT2D eigenvalue weighted by atomic mass is 10.0. The number of sulfonamides is 1. The van der Waals surface area contributed by atoms with Crippen LogP contribution < -0.4 is 4.72 Å². The number of methoxy groups -OCH3 is 1. The quantitative estimate of drug-likeness (QED) is 0.574. The third-order valence-corrected chi connectivity index (χ3v) is 3.78. The smallest absolute Gasteiger partial charge is 0.306 e. The summed E-state index contributed by atoms with van der Waals surface area (Å²) in [6.07, 6.45) is 0.253. The Morgan fingerprint density at radius 1 is 1.39 bits per heavy atom. The molecule has 0 saturated heterocycles. The van der Waals surface area contributed by atoms with Gasteiger partial charge in [0.25, 0.3) is 0 Å². The number of ether oxygens (including phenoxy) is 1. The first-order valence-corrected chi connectivity index (χ1v) is 7.22. The lowest BCUT2D eigenvalue weighted by Gasteiger charge is -2.13. The van der Waals surface area contributed by atoms with E-state index in [0.29, 0.717) is 6.42 Å². The van der Waals surface area contributed by atoms with Crippen LogP contribution in [0.5, 0.6) is 0 Å². The summed E-state index contributed by atoms with van der Waals surface area (Å²) >= 11 is 0. The molecule has 0 aromatic heterocycles. The first kappa shape index (κ1) is 16.9. The molecule has 1 atom stereocenters. The summed E-state index contributed by atoms with van der Waals surface area (Å²) in [5.41, 5.74) is 0. The maximum atomic E-state index is 11.5. The molecule has 0 aromatic rings. The van der Waals surface area contributed by atoms with Gasteiger partial charge in [0, 0.05) is 13.0 Å². The van der Waals surface area contributed by atoms with Crippen LogP contribution in [0.15, 0.2) is 0 Å². The van der Waals surface area contributed by atoms with Crippen molar-refractivity contribution in [3.05, 3.63) is 0 Å². The maximum Gasteiger partial charge on any atom is 0.306 e. The largest absolute Gasteiger partial charge is 0.481 e. The molecule has 0 rings (SSSR count). The molecular weight excluding hydrogens is 262 g/mol. The van der Waals surface area contributed by atoms with Gasteiger partial charge in [0.1, 0.15) is 0 Å². The van der Waals surface area contributed by atoms with Crippen molar-refractivity contribution in [1.29, 1.82) is 0 Å². The number of esters is 1. The highest BCUT2D eigenvalue weighted by atomic mass is 32.2. The Balaban J connectivity index is 4.16. The van der Waals surface area contributed by atoms with Gasteiger partial charge in [-0.3, -0.25) is 9.59 Å². The summed E-state index contributed by atoms with van der Waals surface area (Å²) in [5.74, 6) is -2.17. The van der Waals surface area contributed by atoms with Gasteiger partial charge in [0.15, 0.2) is 0 Å². The summed E-state index contributed by atoms with van der Waals surface area (Å²) in [5, 5.41) is 8.61. The van der Waals surface area contributed by atoms with Crippen molar-refractivity contribution in [2.75, 3.05) is 19.4 Å². The maximum absolute atomic E-state index is 11.5. The normalized spacial score (nSPS) is 13.0. The number of aliphatic carboxylic acids is 1. The van der Waals surface area contributed by atoms with Gasteiger partial charge in [0.05, 0.1) is 19.3 Å². The molecule has 0 amide bonds. The highest BCUT2D eigenvalue weighted by Gasteiger charge is 2.17. The van der Waals surface area contributed by atoms with Gasteiger partial charge in [-0.2, -0.15) is 0 Å². The van der Waals surface area contributed by atoms with E-state index in [9.17, 15) is 18.0 Å². The average molecular weight is 281 g/mol. The lowest BCUT2D eigenvalue weighted by molar-refractivity contribution is -0.140. The van der Waals surface area contributed by atoms with E-state index >= 15 is 0 Å². The molecule has 0 fully saturated rings. The molecule has 2 N–H and O–H groups in total. The number of nitrogens with one attached hydrogen (secondary N) is 1. The van der Waals surface area contributed by atoms with Gasteiger partial charge in [-0.1, -0.05) is 13.3 Å². The Hall–Kier alpha value is -1.15. The Morgan fingerprint density at radius 3 is 2.44 bits per heavy atom. The minimum Gasteiger partial charge on any atom is -0.481 e. The number of hydrogen-bond acceptors (Lipinski definition) is 5. The fourth-order valence-corrected chi connectivity index (χ4v) is 2.31. The number of carboxylic acids is 1. The van der Waals surface area contributed by atoms with Gasteiger partial charge >= 0.3 is 11.9 Å². The van der Waals surface area contributed by atoms with Crippen LogP contribution >= 0.6 is 0 Å². The molecule has 7 nitrogen and oxygen atoms in total. The van der Waals surface area contributed by atoms with Crippen molar-refractivity contribution in [2.45, 2.75) is 26.2 Å². The van der Waals surface area contributed by atoms with Crippen molar-refractivity contribution in [1.82, 2.24) is 4.72 Å². The molecule has 0 bridgehead atoms. The first-order chi connectivity index (χ1) is 8.30. The van der Waals surface area contributed by atoms with E-state index in [0.717, 1.165) is 0 Å². The summed E-state index contributed by atoms with van der Waals surface area (Å²) in [6, 6.07) is 0. The van der Waals surface area contributed by atoms with Gasteiger partial charge < -0.3 is 9.84 Å². The second-order valence-corrected chi connectivity index (χ2v) is 5.79. The van der Waals surface area contributed by atoms with Crippen LogP contribution in [0.4, 0.5) is 0 Å². The summed E-state index contributed by atoms with van der Waals surface area (Å²) in [6.45, 7) is 1.85. The molecule has 106 valence electrons. The van der Waals surface area contributed by atoms with Crippen LogP contribution in [0.25, 0.3) is 0 Å². The minimum absolute atomic E-state index is 0.0618. The van der Waals surface area contributed by atoms with Crippen LogP contribution in [0.1, 0.15) is 26.2 Å². The van der Waals surface area contributed by atoms with Crippen molar-refractivity contribution < 1.29 is 27.9 Å². The van der Waals surface area contributed by atoms with Crippen LogP contribution in [0, 0.1) is 5.92 Å². The molecule has 0 saturated carbocycles. The van der Waals surface area contributed by atoms with E-state index in [-0.39, 0.29) is 31.1 Å². The highest BCUT2D eigenvalue weighted by molar-refractivity contribution is 7.89. The van der Waals surface area contributed by atoms with Gasteiger partial charge in [-0.05, 0) is 5.92 Å². The van der Waals surface area contributed by atoms with Gasteiger partial charge in [-0.25, -0.2) is 13.1 Å². The molecule has 0 heterocycles. The summed E-state index contributed by atoms with van der Waals surface area (Å²) < 4.78 is 29.6. The molecule has 0 aromatic carbocycles. The van der Waals surface area contributed by atoms with Crippen molar-refractivity contribution in [3.8, 4) is 0 Å². The Labute approximate surface area is 107 Å². The van der Waals surface area contributed by atoms with Crippen molar-refractivity contribution in [3.63, 3.8) is 0 Å².